The summed E-state index contributed by atoms with van der Waals surface area (Å²) in [4.78, 5) is 0. The molecule has 2 fully saturated rings. The molecule has 0 aromatic rings. The highest BCUT2D eigenvalue weighted by atomic mass is 16.5. The average Bonchev–Trinajstić information content (AvgIpc) is 2.50. The van der Waals surface area contributed by atoms with E-state index in [0.717, 1.165) is 24.4 Å². The molecule has 2 bridgehead atoms. The zero-order valence-corrected chi connectivity index (χ0v) is 6.68. The third-order valence-corrected chi connectivity index (χ3v) is 3.39. The van der Waals surface area contributed by atoms with E-state index in [1.165, 1.54) is 25.7 Å². The van der Waals surface area contributed by atoms with E-state index >= 15 is 0 Å². The van der Waals surface area contributed by atoms with Crippen molar-refractivity contribution in [1.82, 2.24) is 0 Å². The zero-order valence-electron chi connectivity index (χ0n) is 6.68. The number of ether oxygens (including phenoxy) is 1. The van der Waals surface area contributed by atoms with Crippen LogP contribution in [0, 0.1) is 17.8 Å². The molecule has 0 amide bonds. The second kappa shape index (κ2) is 2.54. The van der Waals surface area contributed by atoms with Crippen molar-refractivity contribution in [1.29, 1.82) is 0 Å². The highest BCUT2D eigenvalue weighted by molar-refractivity contribution is 4.91. The summed E-state index contributed by atoms with van der Waals surface area (Å²) in [5, 5.41) is 0. The number of methoxy groups -OCH3 is 1. The summed E-state index contributed by atoms with van der Waals surface area (Å²) >= 11 is 0. The first kappa shape index (κ1) is 6.66. The molecule has 2 aliphatic carbocycles. The van der Waals surface area contributed by atoms with Crippen LogP contribution in [0.3, 0.4) is 0 Å². The molecule has 10 heavy (non-hydrogen) atoms. The summed E-state index contributed by atoms with van der Waals surface area (Å²) in [6, 6.07) is 0. The molecule has 58 valence electrons. The molecule has 2 rings (SSSR count). The van der Waals surface area contributed by atoms with Gasteiger partial charge < -0.3 is 4.74 Å². The van der Waals surface area contributed by atoms with Gasteiger partial charge in [-0.05, 0) is 43.4 Å². The molecule has 0 unspecified atom stereocenters. The number of hydrogen-bond donors (Lipinski definition) is 0. The Morgan fingerprint density at radius 2 is 1.60 bits per heavy atom. The highest BCUT2D eigenvalue weighted by Gasteiger charge is 2.40. The Balaban J connectivity index is 1.96. The van der Waals surface area contributed by atoms with Gasteiger partial charge in [0.2, 0.25) is 0 Å². The van der Waals surface area contributed by atoms with E-state index in [1.54, 1.807) is 0 Å². The minimum Gasteiger partial charge on any atom is -0.384 e. The lowest BCUT2D eigenvalue weighted by molar-refractivity contribution is 0.130. The Hall–Kier alpha value is -0.0400. The molecular weight excluding hydrogens is 124 g/mol. The number of rotatable bonds is 2. The zero-order chi connectivity index (χ0) is 6.97. The van der Waals surface area contributed by atoms with Crippen LogP contribution in [0.25, 0.3) is 0 Å². The summed E-state index contributed by atoms with van der Waals surface area (Å²) in [5.74, 6) is 3.00. The van der Waals surface area contributed by atoms with Crippen LogP contribution < -0.4 is 0 Å². The van der Waals surface area contributed by atoms with Crippen molar-refractivity contribution in [3.8, 4) is 0 Å². The standard InChI is InChI=1S/C9H16O/c1-10-6-9-7-2-3-8(9)5-4-7/h7-9H,2-6H2,1H3. The first-order chi connectivity index (χ1) is 4.92. The van der Waals surface area contributed by atoms with E-state index in [-0.39, 0.29) is 0 Å². The number of fused-ring (bicyclic) bond motifs is 2. The lowest BCUT2D eigenvalue weighted by atomic mass is 9.99. The largest absolute Gasteiger partial charge is 0.384 e. The maximum atomic E-state index is 5.21. The molecule has 0 aliphatic heterocycles. The van der Waals surface area contributed by atoms with Crippen LogP contribution in [0.15, 0.2) is 0 Å². The van der Waals surface area contributed by atoms with Crippen LogP contribution in [0.4, 0.5) is 0 Å². The van der Waals surface area contributed by atoms with Crippen LogP contribution >= 0.6 is 0 Å². The van der Waals surface area contributed by atoms with E-state index in [1.807, 2.05) is 7.11 Å². The van der Waals surface area contributed by atoms with Gasteiger partial charge in [-0.1, -0.05) is 0 Å². The topological polar surface area (TPSA) is 9.23 Å². The van der Waals surface area contributed by atoms with E-state index in [0.29, 0.717) is 0 Å². The van der Waals surface area contributed by atoms with Crippen LogP contribution in [0.2, 0.25) is 0 Å². The minimum absolute atomic E-state index is 0.935. The van der Waals surface area contributed by atoms with E-state index in [9.17, 15) is 0 Å². The summed E-state index contributed by atoms with van der Waals surface area (Å²) in [6.45, 7) is 1.02. The molecule has 2 saturated carbocycles. The van der Waals surface area contributed by atoms with Gasteiger partial charge in [-0.15, -0.1) is 0 Å². The van der Waals surface area contributed by atoms with E-state index in [4.69, 9.17) is 4.74 Å². The lowest BCUT2D eigenvalue weighted by Gasteiger charge is -2.12. The Labute approximate surface area is 62.8 Å². The average molecular weight is 140 g/mol. The van der Waals surface area contributed by atoms with Gasteiger partial charge in [-0.3, -0.25) is 0 Å². The quantitative estimate of drug-likeness (QED) is 0.570. The summed E-state index contributed by atoms with van der Waals surface area (Å²) < 4.78 is 5.21. The molecular formula is C9H16O. The van der Waals surface area contributed by atoms with Gasteiger partial charge in [0.05, 0.1) is 0 Å². The molecule has 0 atom stereocenters. The minimum atomic E-state index is 0.935. The normalized spacial score (nSPS) is 44.7. The van der Waals surface area contributed by atoms with Crippen molar-refractivity contribution in [2.75, 3.05) is 13.7 Å². The highest BCUT2D eigenvalue weighted by Crippen LogP contribution is 2.49. The van der Waals surface area contributed by atoms with Gasteiger partial charge in [-0.2, -0.15) is 0 Å². The summed E-state index contributed by atoms with van der Waals surface area (Å²) in [7, 11) is 1.83. The first-order valence-electron chi connectivity index (χ1n) is 4.40. The number of hydrogen-bond acceptors (Lipinski definition) is 1. The lowest BCUT2D eigenvalue weighted by Crippen LogP contribution is -2.12. The molecule has 1 heteroatoms. The van der Waals surface area contributed by atoms with Gasteiger partial charge in [0.25, 0.3) is 0 Å². The summed E-state index contributed by atoms with van der Waals surface area (Å²) in [6.07, 6.45) is 5.94. The van der Waals surface area contributed by atoms with Crippen molar-refractivity contribution in [3.05, 3.63) is 0 Å². The van der Waals surface area contributed by atoms with Gasteiger partial charge in [0.1, 0.15) is 0 Å². The molecule has 0 aromatic heterocycles. The van der Waals surface area contributed by atoms with Gasteiger partial charge in [0.15, 0.2) is 0 Å². The van der Waals surface area contributed by atoms with Crippen LogP contribution in [-0.4, -0.2) is 13.7 Å². The monoisotopic (exact) mass is 140 g/mol. The fourth-order valence-electron chi connectivity index (χ4n) is 2.85. The molecule has 1 nitrogen and oxygen atoms in total. The Morgan fingerprint density at radius 3 is 2.00 bits per heavy atom. The second-order valence-electron chi connectivity index (χ2n) is 3.79. The molecule has 0 N–H and O–H groups in total. The van der Waals surface area contributed by atoms with E-state index in [2.05, 4.69) is 0 Å². The Morgan fingerprint density at radius 1 is 1.10 bits per heavy atom. The predicted molar refractivity (Wildman–Crippen MR) is 40.8 cm³/mol. The van der Waals surface area contributed by atoms with Crippen molar-refractivity contribution in [3.63, 3.8) is 0 Å². The van der Waals surface area contributed by atoms with Crippen LogP contribution in [-0.2, 0) is 4.74 Å². The third-order valence-electron chi connectivity index (χ3n) is 3.39. The van der Waals surface area contributed by atoms with E-state index < -0.39 is 0 Å². The first-order valence-corrected chi connectivity index (χ1v) is 4.40. The molecule has 0 saturated heterocycles. The fourth-order valence-corrected chi connectivity index (χ4v) is 2.85. The van der Waals surface area contributed by atoms with Gasteiger partial charge in [0, 0.05) is 13.7 Å². The Kier molecular flexibility index (Phi) is 1.69. The third kappa shape index (κ3) is 0.878. The van der Waals surface area contributed by atoms with Crippen molar-refractivity contribution < 1.29 is 4.74 Å². The molecule has 2 aliphatic rings. The molecule has 0 aromatic carbocycles. The Bertz CT molecular complexity index is 102. The fraction of sp³-hybridized carbons (Fsp3) is 1.00. The molecule has 0 radical (unpaired) electrons. The smallest absolute Gasteiger partial charge is 0.0495 e. The van der Waals surface area contributed by atoms with Gasteiger partial charge >= 0.3 is 0 Å². The molecule has 0 heterocycles. The van der Waals surface area contributed by atoms with Gasteiger partial charge in [-0.25, -0.2) is 0 Å². The molecule has 0 spiro atoms. The maximum Gasteiger partial charge on any atom is 0.0495 e. The van der Waals surface area contributed by atoms with Crippen molar-refractivity contribution >= 4 is 0 Å². The summed E-state index contributed by atoms with van der Waals surface area (Å²) in [5.41, 5.74) is 0. The SMILES string of the molecule is COCC1C2CCC1CC2. The van der Waals surface area contributed by atoms with Crippen LogP contribution in [0.1, 0.15) is 25.7 Å². The second-order valence-corrected chi connectivity index (χ2v) is 3.79. The van der Waals surface area contributed by atoms with Crippen LogP contribution in [0.5, 0.6) is 0 Å². The van der Waals surface area contributed by atoms with Crippen molar-refractivity contribution in [2.45, 2.75) is 25.7 Å². The maximum absolute atomic E-state index is 5.21. The van der Waals surface area contributed by atoms with Crippen molar-refractivity contribution in [2.24, 2.45) is 17.8 Å². The predicted octanol–water partition coefficient (Wildman–Crippen LogP) is 2.07.